The Hall–Kier alpha value is -4.44. The van der Waals surface area contributed by atoms with Crippen LogP contribution in [0.3, 0.4) is 0 Å². The molecule has 4 heteroatoms. The Labute approximate surface area is 224 Å². The molecule has 0 spiro atoms. The summed E-state index contributed by atoms with van der Waals surface area (Å²) in [7, 11) is 0. The van der Waals surface area contributed by atoms with E-state index in [0.717, 1.165) is 81.5 Å². The lowest BCUT2D eigenvalue weighted by Crippen LogP contribution is -1.97. The van der Waals surface area contributed by atoms with Gasteiger partial charge >= 0.3 is 0 Å². The number of allylic oxidation sites excluding steroid dienone is 2. The van der Waals surface area contributed by atoms with Crippen LogP contribution in [-0.4, -0.2) is 23.2 Å². The molecule has 2 aromatic heterocycles. The Kier molecular flexibility index (Phi) is 8.10. The van der Waals surface area contributed by atoms with E-state index < -0.39 is 0 Å². The molecule has 0 radical (unpaired) electrons. The maximum atomic E-state index is 5.94. The number of pyridine rings is 2. The van der Waals surface area contributed by atoms with Crippen molar-refractivity contribution in [1.82, 2.24) is 9.97 Å². The molecule has 5 aromatic rings. The van der Waals surface area contributed by atoms with Crippen LogP contribution >= 0.6 is 0 Å². The highest BCUT2D eigenvalue weighted by Gasteiger charge is 2.10. The van der Waals surface area contributed by atoms with Crippen molar-refractivity contribution in [1.29, 1.82) is 0 Å². The smallest absolute Gasteiger partial charge is 0.119 e. The minimum Gasteiger partial charge on any atom is -0.494 e. The topological polar surface area (TPSA) is 44.2 Å². The third-order valence-electron chi connectivity index (χ3n) is 6.42. The van der Waals surface area contributed by atoms with E-state index in [1.807, 2.05) is 48.6 Å². The van der Waals surface area contributed by atoms with Gasteiger partial charge in [-0.25, -0.2) is 9.97 Å². The van der Waals surface area contributed by atoms with Gasteiger partial charge in [0, 0.05) is 21.9 Å². The van der Waals surface area contributed by atoms with Crippen molar-refractivity contribution in [2.75, 3.05) is 13.2 Å². The third-order valence-corrected chi connectivity index (χ3v) is 6.42. The third kappa shape index (κ3) is 5.92. The summed E-state index contributed by atoms with van der Waals surface area (Å²) in [4.78, 5) is 10.1. The zero-order chi connectivity index (χ0) is 26.2. The molecular weight excluding hydrogens is 468 g/mol. The zero-order valence-corrected chi connectivity index (χ0v) is 21.6. The highest BCUT2D eigenvalue weighted by atomic mass is 16.5. The lowest BCUT2D eigenvalue weighted by Gasteiger charge is -2.10. The molecule has 2 heterocycles. The van der Waals surface area contributed by atoms with E-state index in [-0.39, 0.29) is 0 Å². The summed E-state index contributed by atoms with van der Waals surface area (Å²) >= 11 is 0. The molecule has 190 valence electrons. The molecule has 0 aliphatic carbocycles. The van der Waals surface area contributed by atoms with Crippen LogP contribution < -0.4 is 9.47 Å². The Balaban J connectivity index is 1.47. The van der Waals surface area contributed by atoms with Crippen molar-refractivity contribution >= 4 is 21.8 Å². The van der Waals surface area contributed by atoms with Gasteiger partial charge in [0.15, 0.2) is 0 Å². The number of unbranched alkanes of at least 4 members (excludes halogenated alkanes) is 2. The van der Waals surface area contributed by atoms with Crippen LogP contribution in [0.4, 0.5) is 0 Å². The van der Waals surface area contributed by atoms with Crippen molar-refractivity contribution < 1.29 is 9.47 Å². The number of rotatable bonds is 12. The lowest BCUT2D eigenvalue weighted by atomic mass is 10.1. The van der Waals surface area contributed by atoms with Gasteiger partial charge in [0.05, 0.1) is 35.6 Å². The maximum Gasteiger partial charge on any atom is 0.119 e. The fourth-order valence-corrected chi connectivity index (χ4v) is 4.42. The van der Waals surface area contributed by atoms with Gasteiger partial charge in [-0.1, -0.05) is 60.7 Å². The van der Waals surface area contributed by atoms with Crippen molar-refractivity contribution in [2.24, 2.45) is 0 Å². The Morgan fingerprint density at radius 3 is 1.47 bits per heavy atom. The van der Waals surface area contributed by atoms with Crippen molar-refractivity contribution in [2.45, 2.75) is 25.7 Å². The number of hydrogen-bond acceptors (Lipinski definition) is 4. The molecule has 38 heavy (non-hydrogen) atoms. The lowest BCUT2D eigenvalue weighted by molar-refractivity contribution is 0.312. The molecule has 0 saturated heterocycles. The van der Waals surface area contributed by atoms with Gasteiger partial charge < -0.3 is 9.47 Å². The first kappa shape index (κ1) is 25.2. The quantitative estimate of drug-likeness (QED) is 0.0975. The molecule has 0 bridgehead atoms. The zero-order valence-electron chi connectivity index (χ0n) is 21.6. The summed E-state index contributed by atoms with van der Waals surface area (Å²) in [6.07, 6.45) is 7.62. The molecule has 0 N–H and O–H groups in total. The largest absolute Gasteiger partial charge is 0.494 e. The molecular formula is C34H32N2O2. The maximum absolute atomic E-state index is 5.94. The number of aromatic nitrogens is 2. The van der Waals surface area contributed by atoms with Crippen LogP contribution in [0.5, 0.6) is 11.5 Å². The summed E-state index contributed by atoms with van der Waals surface area (Å²) in [5.41, 5.74) is 5.59. The highest BCUT2D eigenvalue weighted by molar-refractivity contribution is 6.04. The average Bonchev–Trinajstić information content (AvgIpc) is 2.97. The summed E-state index contributed by atoms with van der Waals surface area (Å²) < 4.78 is 11.9. The SMILES string of the molecule is C=CCCCOc1cccc(-c2ccc3ccc4ccc(-c5cccc(OCCCC=C)c5)nc4c3n2)c1. The van der Waals surface area contributed by atoms with E-state index in [9.17, 15) is 0 Å². The molecule has 0 fully saturated rings. The number of hydrogen-bond donors (Lipinski definition) is 0. The van der Waals surface area contributed by atoms with Gasteiger partial charge in [0.25, 0.3) is 0 Å². The molecule has 0 atom stereocenters. The number of nitrogens with zero attached hydrogens (tertiary/aromatic N) is 2. The van der Waals surface area contributed by atoms with Gasteiger partial charge in [-0.05, 0) is 62.1 Å². The minimum absolute atomic E-state index is 0.666. The second-order valence-electron chi connectivity index (χ2n) is 9.22. The monoisotopic (exact) mass is 500 g/mol. The molecule has 0 amide bonds. The molecule has 4 nitrogen and oxygen atoms in total. The van der Waals surface area contributed by atoms with Crippen LogP contribution in [-0.2, 0) is 0 Å². The summed E-state index contributed by atoms with van der Waals surface area (Å²) in [5, 5.41) is 2.11. The van der Waals surface area contributed by atoms with Gasteiger partial charge in [0.2, 0.25) is 0 Å². The van der Waals surface area contributed by atoms with Crippen LogP contribution in [0.15, 0.2) is 110 Å². The van der Waals surface area contributed by atoms with Crippen molar-refractivity contribution in [3.8, 4) is 34.0 Å². The number of benzene rings is 3. The van der Waals surface area contributed by atoms with Crippen molar-refractivity contribution in [3.05, 3.63) is 110 Å². The second kappa shape index (κ2) is 12.2. The Morgan fingerprint density at radius 1 is 0.579 bits per heavy atom. The Bertz CT molecular complexity index is 1460. The van der Waals surface area contributed by atoms with Gasteiger partial charge in [0.1, 0.15) is 11.5 Å². The summed E-state index contributed by atoms with van der Waals surface area (Å²) in [6, 6.07) is 28.8. The van der Waals surface area contributed by atoms with Crippen LogP contribution in [0.25, 0.3) is 44.3 Å². The van der Waals surface area contributed by atoms with Crippen LogP contribution in [0, 0.1) is 0 Å². The first-order valence-corrected chi connectivity index (χ1v) is 13.1. The average molecular weight is 501 g/mol. The molecule has 0 aliphatic rings. The van der Waals surface area contributed by atoms with Gasteiger partial charge in [-0.3, -0.25) is 0 Å². The number of fused-ring (bicyclic) bond motifs is 3. The normalized spacial score (nSPS) is 10.9. The van der Waals surface area contributed by atoms with Gasteiger partial charge in [-0.15, -0.1) is 13.2 Å². The molecule has 0 unspecified atom stereocenters. The molecule has 3 aromatic carbocycles. The summed E-state index contributed by atoms with van der Waals surface area (Å²) in [5.74, 6) is 1.69. The number of ether oxygens (including phenoxy) is 2. The van der Waals surface area contributed by atoms with E-state index in [1.54, 1.807) is 0 Å². The molecule has 0 aliphatic heterocycles. The first-order valence-electron chi connectivity index (χ1n) is 13.1. The predicted molar refractivity (Wildman–Crippen MR) is 158 cm³/mol. The predicted octanol–water partition coefficient (Wildman–Crippen LogP) is 8.81. The van der Waals surface area contributed by atoms with E-state index in [4.69, 9.17) is 19.4 Å². The van der Waals surface area contributed by atoms with Crippen LogP contribution in [0.1, 0.15) is 25.7 Å². The Morgan fingerprint density at radius 2 is 1.03 bits per heavy atom. The summed E-state index contributed by atoms with van der Waals surface area (Å²) in [6.45, 7) is 8.87. The first-order chi connectivity index (χ1) is 18.7. The van der Waals surface area contributed by atoms with E-state index in [2.05, 4.69) is 61.7 Å². The van der Waals surface area contributed by atoms with Gasteiger partial charge in [-0.2, -0.15) is 0 Å². The van der Waals surface area contributed by atoms with E-state index >= 15 is 0 Å². The fraction of sp³-hybridized carbons (Fsp3) is 0.176. The van der Waals surface area contributed by atoms with E-state index in [0.29, 0.717) is 13.2 Å². The van der Waals surface area contributed by atoms with E-state index in [1.165, 1.54) is 0 Å². The highest BCUT2D eigenvalue weighted by Crippen LogP contribution is 2.30. The second-order valence-corrected chi connectivity index (χ2v) is 9.22. The molecule has 0 saturated carbocycles. The standard InChI is InChI=1S/C34H32N2O2/c1-3-5-7-21-37-29-13-9-11-27(23-29)31-19-17-25-15-16-26-18-20-32(36-34(26)33(25)35-31)28-12-10-14-30(24-28)38-22-8-6-4-2/h3-4,9-20,23-24H,1-2,5-8,21-22H2. The fourth-order valence-electron chi connectivity index (χ4n) is 4.42. The van der Waals surface area contributed by atoms with Crippen LogP contribution in [0.2, 0.25) is 0 Å². The van der Waals surface area contributed by atoms with Crippen molar-refractivity contribution in [3.63, 3.8) is 0 Å². The minimum atomic E-state index is 0.666. The molecule has 5 rings (SSSR count).